The predicted octanol–water partition coefficient (Wildman–Crippen LogP) is 2.18. The van der Waals surface area contributed by atoms with Crippen LogP contribution < -0.4 is 15.8 Å². The van der Waals surface area contributed by atoms with E-state index in [0.717, 1.165) is 21.1 Å². The van der Waals surface area contributed by atoms with Gasteiger partial charge in [-0.15, -0.1) is 0 Å². The summed E-state index contributed by atoms with van der Waals surface area (Å²) in [7, 11) is 1.88. The molecular formula is C11H14Br2N2O2. The summed E-state index contributed by atoms with van der Waals surface area (Å²) in [5, 5.41) is 3.06. The zero-order chi connectivity index (χ0) is 13.0. The van der Waals surface area contributed by atoms with E-state index in [4.69, 9.17) is 10.5 Å². The first-order valence-electron chi connectivity index (χ1n) is 5.04. The highest BCUT2D eigenvalue weighted by molar-refractivity contribution is 9.11. The topological polar surface area (TPSA) is 64.3 Å². The minimum absolute atomic E-state index is 0.497. The lowest BCUT2D eigenvalue weighted by Gasteiger charge is -2.15. The Morgan fingerprint density at radius 1 is 1.47 bits per heavy atom. The van der Waals surface area contributed by atoms with Gasteiger partial charge in [-0.3, -0.25) is 4.79 Å². The van der Waals surface area contributed by atoms with E-state index in [1.54, 1.807) is 6.92 Å². The standard InChI is InChI=1S/C11H14Br2N2O2/c1-6(11(14)16)17-10-8(12)3-7(5-15-2)4-9(10)13/h3-4,6,15H,5H2,1-2H3,(H2,14,16). The lowest BCUT2D eigenvalue weighted by atomic mass is 10.2. The summed E-state index contributed by atoms with van der Waals surface area (Å²) in [4.78, 5) is 11.0. The summed E-state index contributed by atoms with van der Waals surface area (Å²) in [6.45, 7) is 2.37. The van der Waals surface area contributed by atoms with Gasteiger partial charge in [0.2, 0.25) is 0 Å². The van der Waals surface area contributed by atoms with E-state index < -0.39 is 12.0 Å². The molecule has 0 saturated carbocycles. The van der Waals surface area contributed by atoms with Crippen molar-refractivity contribution in [3.05, 3.63) is 26.6 Å². The number of nitrogens with one attached hydrogen (secondary N) is 1. The number of amides is 1. The van der Waals surface area contributed by atoms with Crippen LogP contribution in [0.25, 0.3) is 0 Å². The first kappa shape index (κ1) is 14.5. The van der Waals surface area contributed by atoms with Crippen LogP contribution in [0.1, 0.15) is 12.5 Å². The van der Waals surface area contributed by atoms with E-state index in [0.29, 0.717) is 5.75 Å². The smallest absolute Gasteiger partial charge is 0.258 e. The van der Waals surface area contributed by atoms with Crippen molar-refractivity contribution in [3.63, 3.8) is 0 Å². The lowest BCUT2D eigenvalue weighted by Crippen LogP contribution is -2.30. The fraction of sp³-hybridized carbons (Fsp3) is 0.364. The summed E-state index contributed by atoms with van der Waals surface area (Å²) in [5.74, 6) is 0.0826. The molecule has 0 saturated heterocycles. The molecule has 0 fully saturated rings. The van der Waals surface area contributed by atoms with E-state index in [-0.39, 0.29) is 0 Å². The van der Waals surface area contributed by atoms with Crippen LogP contribution in [0.4, 0.5) is 0 Å². The number of carbonyl (C=O) groups excluding carboxylic acids is 1. The number of hydrogen-bond acceptors (Lipinski definition) is 3. The van der Waals surface area contributed by atoms with E-state index in [1.165, 1.54) is 0 Å². The zero-order valence-electron chi connectivity index (χ0n) is 9.59. The number of ether oxygens (including phenoxy) is 1. The first-order chi connectivity index (χ1) is 7.95. The van der Waals surface area contributed by atoms with Crippen LogP contribution in [-0.2, 0) is 11.3 Å². The van der Waals surface area contributed by atoms with Crippen molar-refractivity contribution < 1.29 is 9.53 Å². The molecule has 6 heteroatoms. The molecule has 94 valence electrons. The van der Waals surface area contributed by atoms with Crippen LogP contribution in [0, 0.1) is 0 Å². The summed E-state index contributed by atoms with van der Waals surface area (Å²) < 4.78 is 7.05. The van der Waals surface area contributed by atoms with Gasteiger partial charge in [0.25, 0.3) is 5.91 Å². The number of rotatable bonds is 5. The maximum absolute atomic E-state index is 11.0. The number of benzene rings is 1. The fourth-order valence-electron chi connectivity index (χ4n) is 1.27. The van der Waals surface area contributed by atoms with Crippen molar-refractivity contribution >= 4 is 37.8 Å². The van der Waals surface area contributed by atoms with Gasteiger partial charge < -0.3 is 15.8 Å². The van der Waals surface area contributed by atoms with E-state index in [9.17, 15) is 4.79 Å². The molecule has 0 aliphatic rings. The van der Waals surface area contributed by atoms with E-state index in [1.807, 2.05) is 19.2 Å². The molecule has 1 amide bonds. The van der Waals surface area contributed by atoms with Crippen LogP contribution in [-0.4, -0.2) is 19.1 Å². The third-order valence-corrected chi connectivity index (χ3v) is 3.31. The Hall–Kier alpha value is -0.590. The van der Waals surface area contributed by atoms with Gasteiger partial charge in [-0.2, -0.15) is 0 Å². The normalized spacial score (nSPS) is 12.2. The number of hydrogen-bond donors (Lipinski definition) is 2. The monoisotopic (exact) mass is 364 g/mol. The Morgan fingerprint density at radius 2 is 2.00 bits per heavy atom. The van der Waals surface area contributed by atoms with E-state index >= 15 is 0 Å². The van der Waals surface area contributed by atoms with Crippen LogP contribution in [0.5, 0.6) is 5.75 Å². The van der Waals surface area contributed by atoms with Gasteiger partial charge in [-0.1, -0.05) is 0 Å². The number of primary amides is 1. The maximum Gasteiger partial charge on any atom is 0.258 e. The molecule has 0 aliphatic heterocycles. The second-order valence-electron chi connectivity index (χ2n) is 3.58. The second-order valence-corrected chi connectivity index (χ2v) is 5.29. The number of nitrogens with two attached hydrogens (primary N) is 1. The highest BCUT2D eigenvalue weighted by Crippen LogP contribution is 2.35. The summed E-state index contributed by atoms with van der Waals surface area (Å²) in [5.41, 5.74) is 6.26. The molecule has 0 spiro atoms. The molecule has 1 aromatic rings. The second kappa shape index (κ2) is 6.37. The Balaban J connectivity index is 2.97. The molecule has 0 aromatic heterocycles. The molecule has 3 N–H and O–H groups in total. The molecule has 0 aliphatic carbocycles. The molecule has 4 nitrogen and oxygen atoms in total. The largest absolute Gasteiger partial charge is 0.479 e. The van der Waals surface area contributed by atoms with Crippen LogP contribution in [0.2, 0.25) is 0 Å². The predicted molar refractivity (Wildman–Crippen MR) is 73.9 cm³/mol. The van der Waals surface area contributed by atoms with Crippen molar-refractivity contribution in [2.45, 2.75) is 19.6 Å². The SMILES string of the molecule is CNCc1cc(Br)c(OC(C)C(N)=O)c(Br)c1. The summed E-state index contributed by atoms with van der Waals surface area (Å²) in [6.07, 6.45) is -0.669. The minimum Gasteiger partial charge on any atom is -0.479 e. The minimum atomic E-state index is -0.669. The van der Waals surface area contributed by atoms with Gasteiger partial charge in [0.05, 0.1) is 8.95 Å². The number of halogens is 2. The van der Waals surface area contributed by atoms with Crippen molar-refractivity contribution in [2.75, 3.05) is 7.05 Å². The molecule has 1 unspecified atom stereocenters. The quantitative estimate of drug-likeness (QED) is 0.840. The molecule has 1 rings (SSSR count). The molecule has 0 heterocycles. The lowest BCUT2D eigenvalue weighted by molar-refractivity contribution is -0.124. The Morgan fingerprint density at radius 3 is 2.41 bits per heavy atom. The molecular weight excluding hydrogens is 352 g/mol. The van der Waals surface area contributed by atoms with Crippen LogP contribution in [0.3, 0.4) is 0 Å². The average molecular weight is 366 g/mol. The average Bonchev–Trinajstić information content (AvgIpc) is 2.23. The first-order valence-corrected chi connectivity index (χ1v) is 6.62. The van der Waals surface area contributed by atoms with Crippen molar-refractivity contribution in [3.8, 4) is 5.75 Å². The third kappa shape index (κ3) is 3.97. The highest BCUT2D eigenvalue weighted by Gasteiger charge is 2.15. The molecule has 1 atom stereocenters. The van der Waals surface area contributed by atoms with Gasteiger partial charge >= 0.3 is 0 Å². The Bertz CT molecular complexity index is 401. The summed E-state index contributed by atoms with van der Waals surface area (Å²) in [6, 6.07) is 3.87. The molecule has 0 bridgehead atoms. The van der Waals surface area contributed by atoms with Crippen molar-refractivity contribution in [1.29, 1.82) is 0 Å². The Labute approximate surface area is 117 Å². The van der Waals surface area contributed by atoms with Crippen LogP contribution >= 0.6 is 31.9 Å². The van der Waals surface area contributed by atoms with E-state index in [2.05, 4.69) is 37.2 Å². The molecule has 0 radical (unpaired) electrons. The Kier molecular flexibility index (Phi) is 5.42. The van der Waals surface area contributed by atoms with Gasteiger partial charge in [0.1, 0.15) is 5.75 Å². The number of carbonyl (C=O) groups is 1. The van der Waals surface area contributed by atoms with Gasteiger partial charge in [-0.25, -0.2) is 0 Å². The van der Waals surface area contributed by atoms with Gasteiger partial charge in [-0.05, 0) is 63.5 Å². The zero-order valence-corrected chi connectivity index (χ0v) is 12.8. The van der Waals surface area contributed by atoms with Gasteiger partial charge in [0, 0.05) is 6.54 Å². The van der Waals surface area contributed by atoms with Crippen molar-refractivity contribution in [2.24, 2.45) is 5.73 Å². The fourth-order valence-corrected chi connectivity index (χ4v) is 2.73. The third-order valence-electron chi connectivity index (χ3n) is 2.13. The van der Waals surface area contributed by atoms with Crippen LogP contribution in [0.15, 0.2) is 21.1 Å². The molecule has 17 heavy (non-hydrogen) atoms. The highest BCUT2D eigenvalue weighted by atomic mass is 79.9. The molecule has 1 aromatic carbocycles. The maximum atomic E-state index is 11.0. The van der Waals surface area contributed by atoms with Gasteiger partial charge in [0.15, 0.2) is 6.10 Å². The van der Waals surface area contributed by atoms with Crippen molar-refractivity contribution in [1.82, 2.24) is 5.32 Å². The summed E-state index contributed by atoms with van der Waals surface area (Å²) >= 11 is 6.82.